The van der Waals surface area contributed by atoms with E-state index in [2.05, 4.69) is 6.92 Å². The van der Waals surface area contributed by atoms with Gasteiger partial charge in [-0.15, -0.1) is 0 Å². The molecule has 2 saturated heterocycles. The molecule has 7 nitrogen and oxygen atoms in total. The largest absolute Gasteiger partial charge is 0.452 e. The third-order valence-corrected chi connectivity index (χ3v) is 7.69. The molecule has 1 aromatic carbocycles. The van der Waals surface area contributed by atoms with E-state index in [1.54, 1.807) is 4.90 Å². The molecule has 1 amide bonds. The van der Waals surface area contributed by atoms with Crippen LogP contribution in [0, 0.1) is 5.92 Å². The van der Waals surface area contributed by atoms with Crippen molar-refractivity contribution in [3.8, 4) is 0 Å². The fourth-order valence-electron chi connectivity index (χ4n) is 3.46. The lowest BCUT2D eigenvalue weighted by molar-refractivity contribution is -0.135. The Morgan fingerprint density at radius 1 is 1.14 bits per heavy atom. The van der Waals surface area contributed by atoms with Gasteiger partial charge in [-0.1, -0.05) is 18.5 Å². The number of hydrogen-bond acceptors (Lipinski definition) is 5. The highest BCUT2D eigenvalue weighted by Gasteiger charge is 2.30. The standard InChI is InChI=1S/C19H25ClN2O5S/c1-14-6-10-21(11-7-14)18(23)13-27-19(24)15-4-5-16(20)17(12-15)28(25,26)22-8-2-3-9-22/h4-5,12,14H,2-3,6-11,13H2,1H3. The lowest BCUT2D eigenvalue weighted by atomic mass is 9.99. The summed E-state index contributed by atoms with van der Waals surface area (Å²) >= 11 is 6.09. The molecule has 0 saturated carbocycles. The van der Waals surface area contributed by atoms with E-state index in [0.717, 1.165) is 25.7 Å². The van der Waals surface area contributed by atoms with E-state index in [1.165, 1.54) is 22.5 Å². The lowest BCUT2D eigenvalue weighted by Gasteiger charge is -2.30. The van der Waals surface area contributed by atoms with Crippen molar-refractivity contribution in [2.45, 2.75) is 37.5 Å². The number of piperidine rings is 1. The number of amides is 1. The average Bonchev–Trinajstić information content (AvgIpc) is 3.22. The van der Waals surface area contributed by atoms with Crippen molar-refractivity contribution in [1.82, 2.24) is 9.21 Å². The van der Waals surface area contributed by atoms with Crippen molar-refractivity contribution in [3.05, 3.63) is 28.8 Å². The Bertz CT molecular complexity index is 844. The zero-order valence-corrected chi connectivity index (χ0v) is 17.5. The van der Waals surface area contributed by atoms with Gasteiger partial charge < -0.3 is 9.64 Å². The van der Waals surface area contributed by atoms with Crippen LogP contribution in [0.5, 0.6) is 0 Å². The number of rotatable bonds is 5. The normalized spacial score (nSPS) is 19.0. The van der Waals surface area contributed by atoms with E-state index < -0.39 is 16.0 Å². The molecule has 9 heteroatoms. The van der Waals surface area contributed by atoms with Crippen LogP contribution < -0.4 is 0 Å². The molecule has 1 aromatic rings. The van der Waals surface area contributed by atoms with E-state index in [4.69, 9.17) is 16.3 Å². The first-order chi connectivity index (χ1) is 13.3. The minimum Gasteiger partial charge on any atom is -0.452 e. The summed E-state index contributed by atoms with van der Waals surface area (Å²) < 4.78 is 32.0. The van der Waals surface area contributed by atoms with Gasteiger partial charge >= 0.3 is 5.97 Å². The van der Waals surface area contributed by atoms with Crippen LogP contribution in [0.1, 0.15) is 43.0 Å². The maximum absolute atomic E-state index is 12.8. The second-order valence-corrected chi connectivity index (χ2v) is 9.71. The number of carbonyl (C=O) groups is 2. The molecule has 0 aliphatic carbocycles. The van der Waals surface area contributed by atoms with Crippen molar-refractivity contribution in [1.29, 1.82) is 0 Å². The minimum atomic E-state index is -3.76. The Morgan fingerprint density at radius 3 is 2.43 bits per heavy atom. The van der Waals surface area contributed by atoms with Crippen LogP contribution in [0.2, 0.25) is 5.02 Å². The number of sulfonamides is 1. The van der Waals surface area contributed by atoms with Gasteiger partial charge in [0, 0.05) is 26.2 Å². The predicted octanol–water partition coefficient (Wildman–Crippen LogP) is 2.54. The quantitative estimate of drug-likeness (QED) is 0.673. The van der Waals surface area contributed by atoms with Crippen LogP contribution >= 0.6 is 11.6 Å². The van der Waals surface area contributed by atoms with Crippen LogP contribution in [0.15, 0.2) is 23.1 Å². The first-order valence-electron chi connectivity index (χ1n) is 9.53. The molecule has 0 atom stereocenters. The smallest absolute Gasteiger partial charge is 0.338 e. The lowest BCUT2D eigenvalue weighted by Crippen LogP contribution is -2.40. The summed E-state index contributed by atoms with van der Waals surface area (Å²) in [4.78, 5) is 26.2. The second-order valence-electron chi connectivity index (χ2n) is 7.40. The van der Waals surface area contributed by atoms with Gasteiger partial charge in [0.05, 0.1) is 10.6 Å². The molecule has 28 heavy (non-hydrogen) atoms. The summed E-state index contributed by atoms with van der Waals surface area (Å²) in [5.74, 6) is -0.385. The second kappa shape index (κ2) is 8.80. The number of ether oxygens (including phenoxy) is 1. The van der Waals surface area contributed by atoms with E-state index in [1.807, 2.05) is 0 Å². The number of esters is 1. The molecular weight excluding hydrogens is 404 g/mol. The maximum Gasteiger partial charge on any atom is 0.338 e. The Balaban J connectivity index is 1.66. The van der Waals surface area contributed by atoms with Crippen LogP contribution in [-0.4, -0.2) is 62.3 Å². The molecule has 0 unspecified atom stereocenters. The van der Waals surface area contributed by atoms with Gasteiger partial charge in [-0.2, -0.15) is 4.31 Å². The highest BCUT2D eigenvalue weighted by molar-refractivity contribution is 7.89. The molecule has 0 radical (unpaired) electrons. The van der Waals surface area contributed by atoms with Gasteiger partial charge in [-0.25, -0.2) is 13.2 Å². The minimum absolute atomic E-state index is 0.0574. The van der Waals surface area contributed by atoms with Crippen molar-refractivity contribution >= 4 is 33.5 Å². The third-order valence-electron chi connectivity index (χ3n) is 5.31. The summed E-state index contributed by atoms with van der Waals surface area (Å²) in [7, 11) is -3.76. The Morgan fingerprint density at radius 2 is 1.79 bits per heavy atom. The van der Waals surface area contributed by atoms with Crippen LogP contribution in [-0.2, 0) is 19.6 Å². The summed E-state index contributed by atoms with van der Waals surface area (Å²) in [6, 6.07) is 4.00. The predicted molar refractivity (Wildman–Crippen MR) is 105 cm³/mol. The van der Waals surface area contributed by atoms with Crippen molar-refractivity contribution in [3.63, 3.8) is 0 Å². The third kappa shape index (κ3) is 4.67. The number of benzene rings is 1. The van der Waals surface area contributed by atoms with Gasteiger partial charge in [0.15, 0.2) is 6.61 Å². The Labute approximate surface area is 170 Å². The van der Waals surface area contributed by atoms with E-state index in [0.29, 0.717) is 32.1 Å². The van der Waals surface area contributed by atoms with E-state index in [9.17, 15) is 18.0 Å². The van der Waals surface area contributed by atoms with E-state index in [-0.39, 0.29) is 28.0 Å². The molecule has 2 aliphatic heterocycles. The highest BCUT2D eigenvalue weighted by Crippen LogP contribution is 2.28. The highest BCUT2D eigenvalue weighted by atomic mass is 35.5. The molecule has 0 spiro atoms. The first-order valence-corrected chi connectivity index (χ1v) is 11.4. The summed E-state index contributed by atoms with van der Waals surface area (Å²) in [6.45, 7) is 4.00. The molecule has 0 aromatic heterocycles. The number of likely N-dealkylation sites (tertiary alicyclic amines) is 1. The average molecular weight is 429 g/mol. The molecule has 3 rings (SSSR count). The maximum atomic E-state index is 12.8. The van der Waals surface area contributed by atoms with Crippen LogP contribution in [0.25, 0.3) is 0 Å². The Hall–Kier alpha value is -1.64. The first kappa shape index (κ1) is 21.1. The summed E-state index contributed by atoms with van der Waals surface area (Å²) in [5.41, 5.74) is 0.0576. The molecule has 2 heterocycles. The van der Waals surface area contributed by atoms with Gasteiger partial charge in [-0.05, 0) is 49.8 Å². The van der Waals surface area contributed by atoms with E-state index >= 15 is 0 Å². The fourth-order valence-corrected chi connectivity index (χ4v) is 5.47. The van der Waals surface area contributed by atoms with Gasteiger partial charge in [0.1, 0.15) is 4.90 Å². The number of nitrogens with zero attached hydrogens (tertiary/aromatic N) is 2. The van der Waals surface area contributed by atoms with Gasteiger partial charge in [0.25, 0.3) is 5.91 Å². The molecule has 154 valence electrons. The van der Waals surface area contributed by atoms with Gasteiger partial charge in [0.2, 0.25) is 10.0 Å². The molecular formula is C19H25ClN2O5S. The number of hydrogen-bond donors (Lipinski definition) is 0. The van der Waals surface area contributed by atoms with Crippen LogP contribution in [0.3, 0.4) is 0 Å². The molecule has 2 fully saturated rings. The summed E-state index contributed by atoms with van der Waals surface area (Å²) in [6.07, 6.45) is 3.48. The van der Waals surface area contributed by atoms with Gasteiger partial charge in [-0.3, -0.25) is 4.79 Å². The molecule has 0 N–H and O–H groups in total. The van der Waals surface area contributed by atoms with Crippen molar-refractivity contribution in [2.24, 2.45) is 5.92 Å². The van der Waals surface area contributed by atoms with Crippen LogP contribution in [0.4, 0.5) is 0 Å². The number of carbonyl (C=O) groups excluding carboxylic acids is 2. The topological polar surface area (TPSA) is 84.0 Å². The molecule has 0 bridgehead atoms. The van der Waals surface area contributed by atoms with Crippen molar-refractivity contribution in [2.75, 3.05) is 32.8 Å². The Kier molecular flexibility index (Phi) is 6.62. The monoisotopic (exact) mass is 428 g/mol. The number of halogens is 1. The SMILES string of the molecule is CC1CCN(C(=O)COC(=O)c2ccc(Cl)c(S(=O)(=O)N3CCCC3)c2)CC1. The zero-order chi connectivity index (χ0) is 20.3. The fraction of sp³-hybridized carbons (Fsp3) is 0.579. The summed E-state index contributed by atoms with van der Waals surface area (Å²) in [5, 5.41) is 0.0574. The molecule has 2 aliphatic rings. The zero-order valence-electron chi connectivity index (χ0n) is 15.9. The van der Waals surface area contributed by atoms with Crippen molar-refractivity contribution < 1.29 is 22.7 Å².